The van der Waals surface area contributed by atoms with E-state index in [2.05, 4.69) is 5.32 Å². The van der Waals surface area contributed by atoms with E-state index in [1.54, 1.807) is 37.3 Å². The van der Waals surface area contributed by atoms with Crippen LogP contribution in [0, 0.1) is 0 Å². The predicted molar refractivity (Wildman–Crippen MR) is 103 cm³/mol. The summed E-state index contributed by atoms with van der Waals surface area (Å²) in [6, 6.07) is 15.6. The largest absolute Gasteiger partial charge is 0.462 e. The van der Waals surface area contributed by atoms with Gasteiger partial charge >= 0.3 is 11.9 Å². The number of nitrogens with one attached hydrogen (secondary N) is 1. The molecule has 0 bridgehead atoms. The quantitative estimate of drug-likeness (QED) is 0.654. The van der Waals surface area contributed by atoms with E-state index in [1.165, 1.54) is 11.3 Å². The molecule has 3 rings (SSSR count). The van der Waals surface area contributed by atoms with Crippen LogP contribution in [0.1, 0.15) is 27.0 Å². The Morgan fingerprint density at radius 2 is 1.70 bits per heavy atom. The summed E-state index contributed by atoms with van der Waals surface area (Å²) in [5.74, 6) is -1.43. The van der Waals surface area contributed by atoms with Crippen LogP contribution in [0.15, 0.2) is 54.6 Å². The van der Waals surface area contributed by atoms with Gasteiger partial charge in [0.25, 0.3) is 5.91 Å². The molecule has 0 spiro atoms. The van der Waals surface area contributed by atoms with Crippen LogP contribution in [-0.4, -0.2) is 31.1 Å². The molecule has 0 saturated heterocycles. The van der Waals surface area contributed by atoms with Gasteiger partial charge in [-0.15, -0.1) is 11.3 Å². The van der Waals surface area contributed by atoms with Crippen molar-refractivity contribution < 1.29 is 23.9 Å². The van der Waals surface area contributed by atoms with Crippen LogP contribution in [0.3, 0.4) is 0 Å². The minimum Gasteiger partial charge on any atom is -0.462 e. The molecule has 1 heterocycles. The Kier molecular flexibility index (Phi) is 5.83. The lowest BCUT2D eigenvalue weighted by molar-refractivity contribution is -0.119. The third-order valence-corrected chi connectivity index (χ3v) is 4.74. The Morgan fingerprint density at radius 3 is 2.41 bits per heavy atom. The molecule has 0 saturated carbocycles. The zero-order valence-electron chi connectivity index (χ0n) is 14.6. The summed E-state index contributed by atoms with van der Waals surface area (Å²) in [4.78, 5) is 36.1. The van der Waals surface area contributed by atoms with Gasteiger partial charge in [0.1, 0.15) is 4.88 Å². The van der Waals surface area contributed by atoms with Crippen molar-refractivity contribution in [2.45, 2.75) is 6.92 Å². The van der Waals surface area contributed by atoms with E-state index in [0.717, 1.165) is 10.1 Å². The summed E-state index contributed by atoms with van der Waals surface area (Å²) in [6.45, 7) is 1.63. The highest BCUT2D eigenvalue weighted by Crippen LogP contribution is 2.25. The number of thiophene rings is 1. The fourth-order valence-electron chi connectivity index (χ4n) is 2.39. The van der Waals surface area contributed by atoms with Gasteiger partial charge in [0, 0.05) is 10.4 Å². The minimum atomic E-state index is -0.538. The maximum absolute atomic E-state index is 12.1. The Morgan fingerprint density at radius 1 is 0.963 bits per heavy atom. The van der Waals surface area contributed by atoms with E-state index in [9.17, 15) is 14.4 Å². The Bertz CT molecular complexity index is 944. The second-order valence-electron chi connectivity index (χ2n) is 5.57. The van der Waals surface area contributed by atoms with Crippen LogP contribution in [0.2, 0.25) is 0 Å². The van der Waals surface area contributed by atoms with Gasteiger partial charge in [0.2, 0.25) is 0 Å². The van der Waals surface area contributed by atoms with Crippen molar-refractivity contribution in [3.05, 3.63) is 65.0 Å². The summed E-state index contributed by atoms with van der Waals surface area (Å²) in [5.41, 5.74) is 0.886. The molecule has 3 aromatic rings. The van der Waals surface area contributed by atoms with E-state index in [-0.39, 0.29) is 0 Å². The van der Waals surface area contributed by atoms with Crippen molar-refractivity contribution in [1.29, 1.82) is 0 Å². The number of rotatable bonds is 6. The fraction of sp³-hybridized carbons (Fsp3) is 0.150. The highest BCUT2D eigenvalue weighted by atomic mass is 32.1. The highest BCUT2D eigenvalue weighted by Gasteiger charge is 2.14. The summed E-state index contributed by atoms with van der Waals surface area (Å²) >= 11 is 1.32. The normalized spacial score (nSPS) is 10.4. The second kappa shape index (κ2) is 8.46. The Balaban J connectivity index is 1.53. The second-order valence-corrected chi connectivity index (χ2v) is 6.65. The average Bonchev–Trinajstić information content (AvgIpc) is 3.11. The molecule has 2 aromatic carbocycles. The summed E-state index contributed by atoms with van der Waals surface area (Å²) in [6.07, 6.45) is 0. The standard InChI is InChI=1S/C20H17NO5S/c1-2-25-19(23)13-7-9-15(10-8-13)21-18(22)12-26-20(24)17-11-14-5-3-4-6-16(14)27-17/h3-11H,2,12H2,1H3,(H,21,22). The number of esters is 2. The first-order valence-corrected chi connectivity index (χ1v) is 9.11. The lowest BCUT2D eigenvalue weighted by Crippen LogP contribution is -2.20. The third-order valence-electron chi connectivity index (χ3n) is 3.64. The van der Waals surface area contributed by atoms with E-state index < -0.39 is 24.5 Å². The molecule has 0 radical (unpaired) electrons. The number of anilines is 1. The SMILES string of the molecule is CCOC(=O)c1ccc(NC(=O)COC(=O)c2cc3ccccc3s2)cc1. The zero-order valence-corrected chi connectivity index (χ0v) is 15.4. The van der Waals surface area contributed by atoms with Gasteiger partial charge in [-0.25, -0.2) is 9.59 Å². The van der Waals surface area contributed by atoms with E-state index in [4.69, 9.17) is 9.47 Å². The molecule has 1 amide bonds. The van der Waals surface area contributed by atoms with Crippen molar-refractivity contribution in [3.63, 3.8) is 0 Å². The van der Waals surface area contributed by atoms with Gasteiger partial charge in [0.05, 0.1) is 12.2 Å². The molecule has 1 aromatic heterocycles. The van der Waals surface area contributed by atoms with Crippen LogP contribution in [0.25, 0.3) is 10.1 Å². The summed E-state index contributed by atoms with van der Waals surface area (Å²) < 4.78 is 10.9. The van der Waals surface area contributed by atoms with E-state index in [0.29, 0.717) is 22.7 Å². The zero-order chi connectivity index (χ0) is 19.2. The van der Waals surface area contributed by atoms with Crippen molar-refractivity contribution in [3.8, 4) is 0 Å². The van der Waals surface area contributed by atoms with E-state index >= 15 is 0 Å². The van der Waals surface area contributed by atoms with E-state index in [1.807, 2.05) is 24.3 Å². The molecule has 0 aliphatic rings. The molecule has 27 heavy (non-hydrogen) atoms. The number of benzene rings is 2. The number of carbonyl (C=O) groups is 3. The molecule has 7 heteroatoms. The third kappa shape index (κ3) is 4.71. The van der Waals surface area contributed by atoms with Crippen molar-refractivity contribution in [2.75, 3.05) is 18.5 Å². The molecule has 0 unspecified atom stereocenters. The van der Waals surface area contributed by atoms with Crippen LogP contribution < -0.4 is 5.32 Å². The fourth-order valence-corrected chi connectivity index (χ4v) is 3.34. The lowest BCUT2D eigenvalue weighted by atomic mass is 10.2. The number of amides is 1. The summed E-state index contributed by atoms with van der Waals surface area (Å²) in [7, 11) is 0. The van der Waals surface area contributed by atoms with Gasteiger partial charge in [-0.3, -0.25) is 4.79 Å². The first-order chi connectivity index (χ1) is 13.1. The minimum absolute atomic E-state index is 0.294. The van der Waals surface area contributed by atoms with Gasteiger partial charge in [0.15, 0.2) is 6.61 Å². The van der Waals surface area contributed by atoms with Gasteiger partial charge < -0.3 is 14.8 Å². The number of hydrogen-bond donors (Lipinski definition) is 1. The molecule has 0 fully saturated rings. The van der Waals surface area contributed by atoms with Crippen LogP contribution in [0.4, 0.5) is 5.69 Å². The molecule has 1 N–H and O–H groups in total. The number of ether oxygens (including phenoxy) is 2. The van der Waals surface area contributed by atoms with Crippen LogP contribution >= 0.6 is 11.3 Å². The van der Waals surface area contributed by atoms with Gasteiger partial charge in [-0.2, -0.15) is 0 Å². The maximum Gasteiger partial charge on any atom is 0.348 e. The molecule has 138 valence electrons. The topological polar surface area (TPSA) is 81.7 Å². The first kappa shape index (κ1) is 18.6. The highest BCUT2D eigenvalue weighted by molar-refractivity contribution is 7.20. The molecule has 0 aliphatic carbocycles. The molecule has 0 atom stereocenters. The van der Waals surface area contributed by atoms with Gasteiger partial charge in [-0.05, 0) is 48.7 Å². The monoisotopic (exact) mass is 383 g/mol. The smallest absolute Gasteiger partial charge is 0.348 e. The first-order valence-electron chi connectivity index (χ1n) is 8.29. The molecule has 0 aliphatic heterocycles. The van der Waals surface area contributed by atoms with Crippen molar-refractivity contribution in [2.24, 2.45) is 0 Å². The van der Waals surface area contributed by atoms with Gasteiger partial charge in [-0.1, -0.05) is 18.2 Å². The van der Waals surface area contributed by atoms with Crippen molar-refractivity contribution in [1.82, 2.24) is 0 Å². The number of carbonyl (C=O) groups excluding carboxylic acids is 3. The van der Waals surface area contributed by atoms with Crippen LogP contribution in [0.5, 0.6) is 0 Å². The predicted octanol–water partition coefficient (Wildman–Crippen LogP) is 3.87. The lowest BCUT2D eigenvalue weighted by Gasteiger charge is -2.07. The summed E-state index contributed by atoms with van der Waals surface area (Å²) in [5, 5.41) is 3.57. The molecular weight excluding hydrogens is 366 g/mol. The molecule has 6 nitrogen and oxygen atoms in total. The molecular formula is C20H17NO5S. The average molecular weight is 383 g/mol. The van der Waals surface area contributed by atoms with Crippen LogP contribution in [-0.2, 0) is 14.3 Å². The Labute approximate surface area is 159 Å². The number of fused-ring (bicyclic) bond motifs is 1. The number of hydrogen-bond acceptors (Lipinski definition) is 6. The maximum atomic E-state index is 12.1. The Hall–Kier alpha value is -3.19. The van der Waals surface area contributed by atoms with Crippen molar-refractivity contribution >= 4 is 45.0 Å².